The average molecular weight is 267 g/mol. The Bertz CT molecular complexity index is 495. The van der Waals surface area contributed by atoms with E-state index in [-0.39, 0.29) is 6.42 Å². The van der Waals surface area contributed by atoms with Gasteiger partial charge in [-0.15, -0.1) is 11.3 Å². The molecular formula is C11H13N3O3S. The summed E-state index contributed by atoms with van der Waals surface area (Å²) in [6.45, 7) is 1.47. The number of aliphatic carboxylic acids is 1. The average Bonchev–Trinajstić information content (AvgIpc) is 2.95. The molecule has 0 saturated heterocycles. The molecule has 96 valence electrons. The first-order valence-corrected chi connectivity index (χ1v) is 6.31. The van der Waals surface area contributed by atoms with Gasteiger partial charge in [0.15, 0.2) is 6.33 Å². The van der Waals surface area contributed by atoms with E-state index < -0.39 is 5.97 Å². The zero-order valence-corrected chi connectivity index (χ0v) is 10.4. The van der Waals surface area contributed by atoms with Gasteiger partial charge in [0.1, 0.15) is 0 Å². The zero-order valence-electron chi connectivity index (χ0n) is 9.63. The monoisotopic (exact) mass is 267 g/mol. The van der Waals surface area contributed by atoms with Crippen molar-refractivity contribution in [2.75, 3.05) is 6.54 Å². The van der Waals surface area contributed by atoms with Crippen LogP contribution in [-0.4, -0.2) is 27.8 Å². The maximum atomic E-state index is 10.5. The van der Waals surface area contributed by atoms with Gasteiger partial charge < -0.3 is 14.9 Å². The SMILES string of the molecule is O=C(O)Cc1ccc(CNCCc2ncno2)s1. The van der Waals surface area contributed by atoms with E-state index in [0.29, 0.717) is 12.3 Å². The number of carboxylic acids is 1. The summed E-state index contributed by atoms with van der Waals surface area (Å²) in [5.74, 6) is -0.187. The van der Waals surface area contributed by atoms with Crippen molar-refractivity contribution in [1.82, 2.24) is 15.5 Å². The number of rotatable bonds is 7. The molecule has 2 heterocycles. The molecule has 0 unspecified atom stereocenters. The van der Waals surface area contributed by atoms with Crippen LogP contribution in [-0.2, 0) is 24.2 Å². The number of aromatic nitrogens is 2. The highest BCUT2D eigenvalue weighted by molar-refractivity contribution is 7.12. The highest BCUT2D eigenvalue weighted by atomic mass is 32.1. The fourth-order valence-corrected chi connectivity index (χ4v) is 2.45. The number of hydrogen-bond acceptors (Lipinski definition) is 6. The van der Waals surface area contributed by atoms with Gasteiger partial charge in [-0.05, 0) is 12.1 Å². The van der Waals surface area contributed by atoms with Crippen LogP contribution >= 0.6 is 11.3 Å². The molecule has 0 aliphatic rings. The third-order valence-electron chi connectivity index (χ3n) is 2.26. The van der Waals surface area contributed by atoms with Crippen molar-refractivity contribution in [1.29, 1.82) is 0 Å². The van der Waals surface area contributed by atoms with Crippen molar-refractivity contribution in [3.63, 3.8) is 0 Å². The fourth-order valence-electron chi connectivity index (χ4n) is 1.47. The number of hydrogen-bond donors (Lipinski definition) is 2. The number of nitrogens with one attached hydrogen (secondary N) is 1. The Kier molecular flexibility index (Phi) is 4.43. The first-order valence-electron chi connectivity index (χ1n) is 5.49. The van der Waals surface area contributed by atoms with E-state index >= 15 is 0 Å². The molecular weight excluding hydrogens is 254 g/mol. The van der Waals surface area contributed by atoms with Gasteiger partial charge in [-0.3, -0.25) is 4.79 Å². The molecule has 18 heavy (non-hydrogen) atoms. The lowest BCUT2D eigenvalue weighted by Gasteiger charge is -1.99. The molecule has 0 radical (unpaired) electrons. The molecule has 0 aliphatic heterocycles. The molecule has 7 heteroatoms. The first-order chi connectivity index (χ1) is 8.74. The van der Waals surface area contributed by atoms with Gasteiger partial charge in [-0.25, -0.2) is 0 Å². The van der Waals surface area contributed by atoms with E-state index in [2.05, 4.69) is 15.5 Å². The van der Waals surface area contributed by atoms with Crippen LogP contribution in [0.5, 0.6) is 0 Å². The van der Waals surface area contributed by atoms with Crippen molar-refractivity contribution in [3.8, 4) is 0 Å². The van der Waals surface area contributed by atoms with Gasteiger partial charge in [0.05, 0.1) is 6.42 Å². The summed E-state index contributed by atoms with van der Waals surface area (Å²) >= 11 is 1.51. The van der Waals surface area contributed by atoms with Crippen LogP contribution in [0.15, 0.2) is 23.0 Å². The van der Waals surface area contributed by atoms with Crippen molar-refractivity contribution in [3.05, 3.63) is 34.1 Å². The summed E-state index contributed by atoms with van der Waals surface area (Å²) < 4.78 is 4.87. The number of carboxylic acid groups (broad SMARTS) is 1. The van der Waals surface area contributed by atoms with Crippen LogP contribution < -0.4 is 5.32 Å². The van der Waals surface area contributed by atoms with Gasteiger partial charge in [0.25, 0.3) is 0 Å². The number of nitrogens with zero attached hydrogens (tertiary/aromatic N) is 2. The number of thiophene rings is 1. The van der Waals surface area contributed by atoms with Crippen LogP contribution in [0.1, 0.15) is 15.6 Å². The predicted octanol–water partition coefficient (Wildman–Crippen LogP) is 1.09. The largest absolute Gasteiger partial charge is 0.481 e. The Balaban J connectivity index is 1.70. The van der Waals surface area contributed by atoms with Crippen LogP contribution in [0.25, 0.3) is 0 Å². The molecule has 0 fully saturated rings. The maximum Gasteiger partial charge on any atom is 0.308 e. The lowest BCUT2D eigenvalue weighted by molar-refractivity contribution is -0.136. The van der Waals surface area contributed by atoms with Gasteiger partial charge in [-0.1, -0.05) is 5.16 Å². The quantitative estimate of drug-likeness (QED) is 0.730. The minimum atomic E-state index is -0.798. The normalized spacial score (nSPS) is 10.7. The minimum absolute atomic E-state index is 0.0899. The summed E-state index contributed by atoms with van der Waals surface area (Å²) in [5, 5.41) is 15.4. The molecule has 0 aromatic carbocycles. The van der Waals surface area contributed by atoms with Crippen LogP contribution in [0, 0.1) is 0 Å². The van der Waals surface area contributed by atoms with E-state index in [1.165, 1.54) is 17.7 Å². The van der Waals surface area contributed by atoms with Gasteiger partial charge >= 0.3 is 5.97 Å². The van der Waals surface area contributed by atoms with E-state index in [1.807, 2.05) is 12.1 Å². The third kappa shape index (κ3) is 3.94. The molecule has 2 N–H and O–H groups in total. The first kappa shape index (κ1) is 12.7. The number of carbonyl (C=O) groups is 1. The van der Waals surface area contributed by atoms with Crippen molar-refractivity contribution in [2.24, 2.45) is 0 Å². The molecule has 0 bridgehead atoms. The second-order valence-electron chi connectivity index (χ2n) is 3.70. The topological polar surface area (TPSA) is 88.2 Å². The van der Waals surface area contributed by atoms with E-state index in [1.54, 1.807) is 0 Å². The van der Waals surface area contributed by atoms with E-state index in [9.17, 15) is 4.79 Å². The van der Waals surface area contributed by atoms with Crippen LogP contribution in [0.4, 0.5) is 0 Å². The molecule has 0 spiro atoms. The minimum Gasteiger partial charge on any atom is -0.481 e. The second-order valence-corrected chi connectivity index (χ2v) is 4.95. The van der Waals surface area contributed by atoms with E-state index in [4.69, 9.17) is 9.63 Å². The molecule has 0 aliphatic carbocycles. The second kappa shape index (κ2) is 6.27. The Labute approximate surface area is 108 Å². The highest BCUT2D eigenvalue weighted by Crippen LogP contribution is 2.16. The molecule has 2 rings (SSSR count). The summed E-state index contributed by atoms with van der Waals surface area (Å²) in [5.41, 5.74) is 0. The lowest BCUT2D eigenvalue weighted by atomic mass is 10.3. The Hall–Kier alpha value is -1.73. The standard InChI is InChI=1S/C11H13N3O3S/c15-11(16)5-8-1-2-9(18-8)6-12-4-3-10-13-7-14-17-10/h1-2,7,12H,3-6H2,(H,15,16). The molecule has 6 nitrogen and oxygen atoms in total. The highest BCUT2D eigenvalue weighted by Gasteiger charge is 2.04. The molecule has 2 aromatic heterocycles. The molecule has 2 aromatic rings. The summed E-state index contributed by atoms with van der Waals surface area (Å²) in [7, 11) is 0. The summed E-state index contributed by atoms with van der Waals surface area (Å²) in [4.78, 5) is 16.4. The summed E-state index contributed by atoms with van der Waals surface area (Å²) in [6, 6.07) is 3.80. The zero-order chi connectivity index (χ0) is 12.8. The fraction of sp³-hybridized carbons (Fsp3) is 0.364. The molecule has 0 amide bonds. The smallest absolute Gasteiger partial charge is 0.308 e. The Morgan fingerprint density at radius 1 is 1.44 bits per heavy atom. The van der Waals surface area contributed by atoms with Crippen LogP contribution in [0.2, 0.25) is 0 Å². The van der Waals surface area contributed by atoms with Crippen molar-refractivity contribution >= 4 is 17.3 Å². The van der Waals surface area contributed by atoms with Crippen molar-refractivity contribution in [2.45, 2.75) is 19.4 Å². The Morgan fingerprint density at radius 2 is 2.28 bits per heavy atom. The van der Waals surface area contributed by atoms with Gasteiger partial charge in [0, 0.05) is 29.3 Å². The van der Waals surface area contributed by atoms with Crippen molar-refractivity contribution < 1.29 is 14.4 Å². The molecule has 0 saturated carbocycles. The van der Waals surface area contributed by atoms with Gasteiger partial charge in [-0.2, -0.15) is 4.98 Å². The van der Waals surface area contributed by atoms with E-state index in [0.717, 1.165) is 22.8 Å². The molecule has 0 atom stereocenters. The lowest BCUT2D eigenvalue weighted by Crippen LogP contribution is -2.16. The Morgan fingerprint density at radius 3 is 3.00 bits per heavy atom. The predicted molar refractivity (Wildman–Crippen MR) is 65.4 cm³/mol. The summed E-state index contributed by atoms with van der Waals surface area (Å²) in [6.07, 6.45) is 2.16. The maximum absolute atomic E-state index is 10.5. The van der Waals surface area contributed by atoms with Gasteiger partial charge in [0.2, 0.25) is 5.89 Å². The van der Waals surface area contributed by atoms with Crippen LogP contribution in [0.3, 0.4) is 0 Å². The third-order valence-corrected chi connectivity index (χ3v) is 3.35.